The Morgan fingerprint density at radius 3 is 2.87 bits per heavy atom. The molecule has 2 saturated heterocycles. The lowest BCUT2D eigenvalue weighted by Crippen LogP contribution is -2.51. The topological polar surface area (TPSA) is 32.3 Å². The minimum absolute atomic E-state index is 0.378. The Balaban J connectivity index is 1.94. The van der Waals surface area contributed by atoms with Crippen LogP contribution < -0.4 is 5.32 Å². The van der Waals surface area contributed by atoms with Crippen LogP contribution in [0.5, 0.6) is 0 Å². The molecule has 1 N–H and O–H groups in total. The third-order valence-electron chi connectivity index (χ3n) is 3.71. The summed E-state index contributed by atoms with van der Waals surface area (Å²) < 4.78 is 0. The maximum absolute atomic E-state index is 11.6. The van der Waals surface area contributed by atoms with E-state index in [0.717, 1.165) is 19.4 Å². The first-order chi connectivity index (χ1) is 7.15. The molecule has 3 atom stereocenters. The van der Waals surface area contributed by atoms with Gasteiger partial charge in [-0.3, -0.25) is 4.79 Å². The van der Waals surface area contributed by atoms with Crippen LogP contribution in [-0.2, 0) is 4.79 Å². The molecule has 2 heterocycles. The second-order valence-electron chi connectivity index (χ2n) is 5.29. The van der Waals surface area contributed by atoms with Crippen LogP contribution in [0.15, 0.2) is 0 Å². The normalized spacial score (nSPS) is 39.3. The van der Waals surface area contributed by atoms with Gasteiger partial charge in [0.2, 0.25) is 0 Å². The van der Waals surface area contributed by atoms with Crippen molar-refractivity contribution in [3.63, 3.8) is 0 Å². The monoisotopic (exact) mass is 210 g/mol. The molecule has 3 nitrogen and oxygen atoms in total. The van der Waals surface area contributed by atoms with Crippen molar-refractivity contribution in [3.8, 4) is 0 Å². The number of ketones is 1. The Labute approximate surface area is 92.2 Å². The molecule has 0 spiro atoms. The molecule has 0 radical (unpaired) electrons. The van der Waals surface area contributed by atoms with Gasteiger partial charge in [-0.25, -0.2) is 0 Å². The quantitative estimate of drug-likeness (QED) is 0.702. The van der Waals surface area contributed by atoms with Gasteiger partial charge in [-0.1, -0.05) is 0 Å². The molecule has 2 rings (SSSR count). The van der Waals surface area contributed by atoms with E-state index in [0.29, 0.717) is 23.8 Å². The fraction of sp³-hybridized carbons (Fsp3) is 0.917. The van der Waals surface area contributed by atoms with Crippen LogP contribution in [0.4, 0.5) is 0 Å². The summed E-state index contributed by atoms with van der Waals surface area (Å²) in [5.74, 6) is 1.12. The van der Waals surface area contributed by atoms with Crippen LogP contribution in [0.1, 0.15) is 32.6 Å². The molecule has 86 valence electrons. The number of likely N-dealkylation sites (tertiary alicyclic amines) is 1. The zero-order valence-electron chi connectivity index (χ0n) is 9.83. The number of nitrogens with one attached hydrogen (secondary N) is 1. The molecule has 3 unspecified atom stereocenters. The smallest absolute Gasteiger partial charge is 0.136 e. The number of nitrogens with zero attached hydrogens (tertiary/aromatic N) is 1. The van der Waals surface area contributed by atoms with E-state index < -0.39 is 0 Å². The first kappa shape index (κ1) is 11.1. The van der Waals surface area contributed by atoms with Gasteiger partial charge in [0.15, 0.2) is 0 Å². The summed E-state index contributed by atoms with van der Waals surface area (Å²) in [5.41, 5.74) is 0. The molecule has 0 amide bonds. The first-order valence-electron chi connectivity index (χ1n) is 6.11. The summed E-state index contributed by atoms with van der Waals surface area (Å²) in [6.45, 7) is 4.49. The Morgan fingerprint density at radius 2 is 2.20 bits per heavy atom. The molecular formula is C12H22N2O. The van der Waals surface area contributed by atoms with Gasteiger partial charge in [0.25, 0.3) is 0 Å². The lowest BCUT2D eigenvalue weighted by molar-refractivity contribution is -0.122. The average Bonchev–Trinajstić information content (AvgIpc) is 2.16. The standard InChI is InChI=1S/C12H22N2O/c1-9-6-11(15)7-12(13-9)10-4-3-5-14(2)8-10/h9-10,12-13H,3-8H2,1-2H3. The second kappa shape index (κ2) is 4.62. The highest BCUT2D eigenvalue weighted by Crippen LogP contribution is 2.24. The molecule has 0 aromatic carbocycles. The number of Topliss-reactive ketones (excluding diaryl/α,β-unsaturated/α-hetero) is 1. The predicted octanol–water partition coefficient (Wildman–Crippen LogP) is 1.04. The van der Waals surface area contributed by atoms with Gasteiger partial charge < -0.3 is 10.2 Å². The highest BCUT2D eigenvalue weighted by molar-refractivity contribution is 5.80. The predicted molar refractivity (Wildman–Crippen MR) is 60.8 cm³/mol. The van der Waals surface area contributed by atoms with E-state index in [1.54, 1.807) is 0 Å². The van der Waals surface area contributed by atoms with Gasteiger partial charge in [-0.15, -0.1) is 0 Å². The number of rotatable bonds is 1. The third-order valence-corrected chi connectivity index (χ3v) is 3.71. The van der Waals surface area contributed by atoms with Crippen molar-refractivity contribution in [1.82, 2.24) is 10.2 Å². The van der Waals surface area contributed by atoms with Crippen LogP contribution in [0, 0.1) is 5.92 Å². The van der Waals surface area contributed by atoms with E-state index in [1.165, 1.54) is 19.4 Å². The first-order valence-corrected chi connectivity index (χ1v) is 6.11. The number of carbonyl (C=O) groups is 1. The zero-order valence-corrected chi connectivity index (χ0v) is 9.83. The fourth-order valence-corrected chi connectivity index (χ4v) is 2.99. The number of hydrogen-bond acceptors (Lipinski definition) is 3. The van der Waals surface area contributed by atoms with E-state index in [1.807, 2.05) is 0 Å². The minimum atomic E-state index is 0.378. The Hall–Kier alpha value is -0.410. The molecule has 2 aliphatic heterocycles. The summed E-state index contributed by atoms with van der Waals surface area (Å²) >= 11 is 0. The number of carbonyl (C=O) groups excluding carboxylic acids is 1. The van der Waals surface area contributed by atoms with Crippen LogP contribution in [0.25, 0.3) is 0 Å². The van der Waals surface area contributed by atoms with E-state index in [-0.39, 0.29) is 0 Å². The number of hydrogen-bond donors (Lipinski definition) is 1. The summed E-state index contributed by atoms with van der Waals surface area (Å²) in [6.07, 6.45) is 4.03. The molecule has 2 aliphatic rings. The summed E-state index contributed by atoms with van der Waals surface area (Å²) in [5, 5.41) is 3.59. The molecule has 0 aromatic rings. The van der Waals surface area contributed by atoms with E-state index in [9.17, 15) is 4.79 Å². The lowest BCUT2D eigenvalue weighted by Gasteiger charge is -2.38. The van der Waals surface area contributed by atoms with Gasteiger partial charge in [0, 0.05) is 31.5 Å². The summed E-state index contributed by atoms with van der Waals surface area (Å²) in [6, 6.07) is 0.812. The SMILES string of the molecule is CC1CC(=O)CC(C2CCCN(C)C2)N1. The van der Waals surface area contributed by atoms with Crippen LogP contribution in [0.2, 0.25) is 0 Å². The molecule has 0 saturated carbocycles. The molecule has 15 heavy (non-hydrogen) atoms. The molecule has 3 heteroatoms. The average molecular weight is 210 g/mol. The zero-order chi connectivity index (χ0) is 10.8. The molecule has 2 fully saturated rings. The van der Waals surface area contributed by atoms with Gasteiger partial charge in [-0.05, 0) is 39.3 Å². The highest BCUT2D eigenvalue weighted by atomic mass is 16.1. The van der Waals surface area contributed by atoms with E-state index in [2.05, 4.69) is 24.2 Å². The maximum Gasteiger partial charge on any atom is 0.136 e. The Kier molecular flexibility index (Phi) is 3.42. The van der Waals surface area contributed by atoms with Crippen molar-refractivity contribution in [2.24, 2.45) is 5.92 Å². The van der Waals surface area contributed by atoms with E-state index in [4.69, 9.17) is 0 Å². The minimum Gasteiger partial charge on any atom is -0.310 e. The van der Waals surface area contributed by atoms with Crippen LogP contribution >= 0.6 is 0 Å². The summed E-state index contributed by atoms with van der Waals surface area (Å²) in [7, 11) is 2.18. The van der Waals surface area contributed by atoms with Gasteiger partial charge >= 0.3 is 0 Å². The maximum atomic E-state index is 11.6. The van der Waals surface area contributed by atoms with Crippen molar-refractivity contribution in [1.29, 1.82) is 0 Å². The molecular weight excluding hydrogens is 188 g/mol. The fourth-order valence-electron chi connectivity index (χ4n) is 2.99. The van der Waals surface area contributed by atoms with Crippen molar-refractivity contribution in [2.45, 2.75) is 44.7 Å². The Morgan fingerprint density at radius 1 is 1.40 bits per heavy atom. The lowest BCUT2D eigenvalue weighted by atomic mass is 9.84. The van der Waals surface area contributed by atoms with Gasteiger partial charge in [-0.2, -0.15) is 0 Å². The largest absolute Gasteiger partial charge is 0.310 e. The third kappa shape index (κ3) is 2.79. The van der Waals surface area contributed by atoms with E-state index >= 15 is 0 Å². The van der Waals surface area contributed by atoms with Gasteiger partial charge in [0.05, 0.1) is 0 Å². The highest BCUT2D eigenvalue weighted by Gasteiger charge is 2.31. The number of piperidine rings is 2. The molecule has 0 aromatic heterocycles. The van der Waals surface area contributed by atoms with Crippen molar-refractivity contribution in [2.75, 3.05) is 20.1 Å². The van der Waals surface area contributed by atoms with Gasteiger partial charge in [0.1, 0.15) is 5.78 Å². The van der Waals surface area contributed by atoms with Crippen molar-refractivity contribution >= 4 is 5.78 Å². The molecule has 0 aliphatic carbocycles. The molecule has 0 bridgehead atoms. The van der Waals surface area contributed by atoms with Crippen molar-refractivity contribution in [3.05, 3.63) is 0 Å². The van der Waals surface area contributed by atoms with Crippen LogP contribution in [-0.4, -0.2) is 42.9 Å². The second-order valence-corrected chi connectivity index (χ2v) is 5.29. The van der Waals surface area contributed by atoms with Crippen LogP contribution in [0.3, 0.4) is 0 Å². The van der Waals surface area contributed by atoms with Crippen molar-refractivity contribution < 1.29 is 4.79 Å². The Bertz CT molecular complexity index is 242. The summed E-state index contributed by atoms with van der Waals surface area (Å²) in [4.78, 5) is 13.9.